The Kier molecular flexibility index (Phi) is 7.60. The van der Waals surface area contributed by atoms with Gasteiger partial charge in [0.1, 0.15) is 0 Å². The van der Waals surface area contributed by atoms with Gasteiger partial charge in [0.05, 0.1) is 10.6 Å². The van der Waals surface area contributed by atoms with E-state index in [9.17, 15) is 13.2 Å². The highest BCUT2D eigenvalue weighted by atomic mass is 32.2. The van der Waals surface area contributed by atoms with Crippen molar-refractivity contribution >= 4 is 27.7 Å². The second-order valence-electron chi connectivity index (χ2n) is 7.67. The molecule has 2 aromatic rings. The maximum absolute atomic E-state index is 12.8. The Bertz CT molecular complexity index is 1020. The molecule has 1 unspecified atom stereocenters. The van der Waals surface area contributed by atoms with Crippen molar-refractivity contribution in [1.29, 1.82) is 0 Å². The lowest BCUT2D eigenvalue weighted by Crippen LogP contribution is -2.40. The fourth-order valence-corrected chi connectivity index (χ4v) is 5.98. The molecule has 1 saturated heterocycles. The van der Waals surface area contributed by atoms with Gasteiger partial charge in [-0.2, -0.15) is 4.31 Å². The smallest absolute Gasteiger partial charge is 0.243 e. The Balaban J connectivity index is 1.75. The van der Waals surface area contributed by atoms with Crippen molar-refractivity contribution in [2.45, 2.75) is 43.7 Å². The van der Waals surface area contributed by atoms with Crippen LogP contribution in [0.4, 0.5) is 0 Å². The summed E-state index contributed by atoms with van der Waals surface area (Å²) in [5.74, 6) is 7.34. The average Bonchev–Trinajstić information content (AvgIpc) is 3.13. The molecule has 170 valence electrons. The minimum Gasteiger partial charge on any atom is -0.342 e. The number of benzene rings is 1. The van der Waals surface area contributed by atoms with Gasteiger partial charge in [0.15, 0.2) is 5.82 Å². The lowest BCUT2D eigenvalue weighted by molar-refractivity contribution is -0.130. The number of amides is 1. The van der Waals surface area contributed by atoms with Crippen LogP contribution in [-0.4, -0.2) is 70.3 Å². The number of hydrogen-bond acceptors (Lipinski definition) is 7. The summed E-state index contributed by atoms with van der Waals surface area (Å²) >= 11 is 1.23. The molecule has 2 heterocycles. The highest BCUT2D eigenvalue weighted by Gasteiger charge is 2.24. The number of piperidine rings is 1. The monoisotopic (exact) mass is 466 g/mol. The lowest BCUT2D eigenvalue weighted by atomic mass is 10.0. The zero-order valence-electron chi connectivity index (χ0n) is 18.2. The summed E-state index contributed by atoms with van der Waals surface area (Å²) < 4.78 is 28.4. The molecular formula is C20H30N6O3S2. The van der Waals surface area contributed by atoms with E-state index in [1.165, 1.54) is 20.7 Å². The minimum atomic E-state index is -3.60. The molecule has 1 amide bonds. The van der Waals surface area contributed by atoms with Gasteiger partial charge in [-0.3, -0.25) is 4.79 Å². The van der Waals surface area contributed by atoms with E-state index in [1.54, 1.807) is 38.1 Å². The fraction of sp³-hybridized carbons (Fsp3) is 0.550. The number of hydrogen-bond donors (Lipinski definition) is 1. The molecule has 3 rings (SSSR count). The van der Waals surface area contributed by atoms with Crippen molar-refractivity contribution in [2.24, 2.45) is 5.92 Å². The van der Waals surface area contributed by atoms with Gasteiger partial charge in [0.25, 0.3) is 0 Å². The number of likely N-dealkylation sites (tertiary alicyclic amines) is 1. The molecule has 1 aromatic carbocycles. The zero-order chi connectivity index (χ0) is 22.6. The number of nitrogen functional groups attached to an aromatic ring is 1. The molecule has 1 aliphatic rings. The fourth-order valence-electron chi connectivity index (χ4n) is 3.71. The predicted octanol–water partition coefficient (Wildman–Crippen LogP) is 2.04. The first-order valence-electron chi connectivity index (χ1n) is 10.5. The van der Waals surface area contributed by atoms with Crippen molar-refractivity contribution in [3.63, 3.8) is 0 Å². The van der Waals surface area contributed by atoms with Crippen LogP contribution in [0.5, 0.6) is 0 Å². The standard InChI is InChI=1S/C20H30N6O3S2/c1-4-25(5-2)31(28,29)17-10-6-9-16(12-17)19-22-23-20(26(19)21)30-14-18(27)24-11-7-8-15(3)13-24/h6,9-10,12,15H,4-5,7-8,11,13-14,21H2,1-3H3. The van der Waals surface area contributed by atoms with Gasteiger partial charge < -0.3 is 10.7 Å². The SMILES string of the molecule is CCN(CC)S(=O)(=O)c1cccc(-c2nnc(SCC(=O)N3CCCC(C)C3)n2N)c1. The normalized spacial score (nSPS) is 17.3. The third-order valence-corrected chi connectivity index (χ3v) is 8.41. The first kappa shape index (κ1) is 23.6. The van der Waals surface area contributed by atoms with Crippen LogP contribution in [-0.2, 0) is 14.8 Å². The van der Waals surface area contributed by atoms with Crippen LogP contribution < -0.4 is 5.84 Å². The molecule has 0 radical (unpaired) electrons. The summed E-state index contributed by atoms with van der Waals surface area (Å²) in [4.78, 5) is 14.6. The van der Waals surface area contributed by atoms with Gasteiger partial charge in [0, 0.05) is 31.7 Å². The first-order chi connectivity index (χ1) is 14.8. The third-order valence-electron chi connectivity index (χ3n) is 5.43. The summed E-state index contributed by atoms with van der Waals surface area (Å²) in [6, 6.07) is 6.51. The zero-order valence-corrected chi connectivity index (χ0v) is 19.8. The minimum absolute atomic E-state index is 0.0633. The highest BCUT2D eigenvalue weighted by Crippen LogP contribution is 2.26. The van der Waals surface area contributed by atoms with E-state index in [0.717, 1.165) is 25.9 Å². The third kappa shape index (κ3) is 5.21. The van der Waals surface area contributed by atoms with Gasteiger partial charge in [-0.05, 0) is 30.9 Å². The molecule has 1 aliphatic heterocycles. The molecule has 1 atom stereocenters. The Labute approximate surface area is 188 Å². The Hall–Kier alpha value is -2.11. The Morgan fingerprint density at radius 2 is 2.03 bits per heavy atom. The first-order valence-corrected chi connectivity index (χ1v) is 12.9. The molecular weight excluding hydrogens is 436 g/mol. The summed E-state index contributed by atoms with van der Waals surface area (Å²) in [6.07, 6.45) is 2.18. The largest absolute Gasteiger partial charge is 0.342 e. The van der Waals surface area contributed by atoms with Crippen LogP contribution in [0.2, 0.25) is 0 Å². The highest BCUT2D eigenvalue weighted by molar-refractivity contribution is 7.99. The van der Waals surface area contributed by atoms with Crippen molar-refractivity contribution < 1.29 is 13.2 Å². The van der Waals surface area contributed by atoms with E-state index in [0.29, 0.717) is 35.6 Å². The number of nitrogens with two attached hydrogens (primary N) is 1. The van der Waals surface area contributed by atoms with E-state index < -0.39 is 10.0 Å². The number of nitrogens with zero attached hydrogens (tertiary/aromatic N) is 5. The van der Waals surface area contributed by atoms with Gasteiger partial charge >= 0.3 is 0 Å². The maximum atomic E-state index is 12.8. The van der Waals surface area contributed by atoms with Gasteiger partial charge in [0.2, 0.25) is 21.1 Å². The lowest BCUT2D eigenvalue weighted by Gasteiger charge is -2.30. The van der Waals surface area contributed by atoms with E-state index in [4.69, 9.17) is 5.84 Å². The van der Waals surface area contributed by atoms with E-state index in [-0.39, 0.29) is 16.6 Å². The van der Waals surface area contributed by atoms with Crippen LogP contribution in [0.3, 0.4) is 0 Å². The van der Waals surface area contributed by atoms with Crippen LogP contribution in [0.25, 0.3) is 11.4 Å². The predicted molar refractivity (Wildman–Crippen MR) is 121 cm³/mol. The number of sulfonamides is 1. The molecule has 1 aromatic heterocycles. The van der Waals surface area contributed by atoms with Crippen LogP contribution in [0, 0.1) is 5.92 Å². The molecule has 0 aliphatic carbocycles. The Morgan fingerprint density at radius 3 is 2.71 bits per heavy atom. The number of carbonyl (C=O) groups is 1. The summed E-state index contributed by atoms with van der Waals surface area (Å²) in [5.41, 5.74) is 0.547. The molecule has 1 fully saturated rings. The van der Waals surface area contributed by atoms with E-state index >= 15 is 0 Å². The number of aromatic nitrogens is 3. The topological polar surface area (TPSA) is 114 Å². The summed E-state index contributed by atoms with van der Waals surface area (Å²) in [6.45, 7) is 8.12. The van der Waals surface area contributed by atoms with Gasteiger partial charge in [-0.25, -0.2) is 13.1 Å². The number of rotatable bonds is 8. The second kappa shape index (κ2) is 10.0. The quantitative estimate of drug-likeness (QED) is 0.468. The van der Waals surface area contributed by atoms with Gasteiger partial charge in [-0.1, -0.05) is 44.7 Å². The van der Waals surface area contributed by atoms with Crippen molar-refractivity contribution in [2.75, 3.05) is 37.8 Å². The van der Waals surface area contributed by atoms with Crippen molar-refractivity contribution in [1.82, 2.24) is 24.1 Å². The van der Waals surface area contributed by atoms with Crippen LogP contribution >= 0.6 is 11.8 Å². The van der Waals surface area contributed by atoms with Crippen molar-refractivity contribution in [3.8, 4) is 11.4 Å². The summed E-state index contributed by atoms with van der Waals surface area (Å²) in [5, 5.41) is 8.64. The number of carbonyl (C=O) groups excluding carboxylic acids is 1. The average molecular weight is 467 g/mol. The van der Waals surface area contributed by atoms with Gasteiger partial charge in [-0.15, -0.1) is 10.2 Å². The van der Waals surface area contributed by atoms with Crippen molar-refractivity contribution in [3.05, 3.63) is 24.3 Å². The molecule has 0 saturated carbocycles. The molecule has 0 bridgehead atoms. The van der Waals surface area contributed by atoms with Crippen LogP contribution in [0.1, 0.15) is 33.6 Å². The molecule has 31 heavy (non-hydrogen) atoms. The summed E-state index contributed by atoms with van der Waals surface area (Å²) in [7, 11) is -3.60. The Morgan fingerprint density at radius 1 is 1.29 bits per heavy atom. The van der Waals surface area contributed by atoms with E-state index in [1.807, 2.05) is 4.90 Å². The maximum Gasteiger partial charge on any atom is 0.243 e. The molecule has 11 heteroatoms. The second-order valence-corrected chi connectivity index (χ2v) is 10.5. The number of thioether (sulfide) groups is 1. The van der Waals surface area contributed by atoms with Crippen LogP contribution in [0.15, 0.2) is 34.3 Å². The van der Waals surface area contributed by atoms with E-state index in [2.05, 4.69) is 17.1 Å². The molecule has 9 nitrogen and oxygen atoms in total. The molecule has 0 spiro atoms. The molecule has 2 N–H and O–H groups in total.